The number of carbonyl (C=O) groups is 2. The summed E-state index contributed by atoms with van der Waals surface area (Å²) >= 11 is 0. The summed E-state index contributed by atoms with van der Waals surface area (Å²) in [6.07, 6.45) is 9.86. The summed E-state index contributed by atoms with van der Waals surface area (Å²) in [5.74, 6) is 0.968. The third-order valence-corrected chi connectivity index (χ3v) is 10.7. The van der Waals surface area contributed by atoms with E-state index in [1.807, 2.05) is 0 Å². The molecule has 4 saturated carbocycles. The number of aliphatic hydroxyl groups is 1. The molecule has 5 aliphatic rings. The van der Waals surface area contributed by atoms with Gasteiger partial charge in [-0.15, -0.1) is 0 Å². The molecule has 1 heterocycles. The lowest BCUT2D eigenvalue weighted by Gasteiger charge is -2.60. The van der Waals surface area contributed by atoms with Crippen LogP contribution in [0.2, 0.25) is 0 Å². The molecule has 0 radical (unpaired) electrons. The lowest BCUT2D eigenvalue weighted by atomic mass is 9.43. The van der Waals surface area contributed by atoms with E-state index in [0.29, 0.717) is 24.2 Å². The Morgan fingerprint density at radius 2 is 1.91 bits per heavy atom. The van der Waals surface area contributed by atoms with Gasteiger partial charge < -0.3 is 15.2 Å². The summed E-state index contributed by atoms with van der Waals surface area (Å²) in [4.78, 5) is 31.5. The Hall–Kier alpha value is -1.11. The Balaban J connectivity index is 1.23. The number of aliphatic imine (C=N–C) groups is 1. The van der Waals surface area contributed by atoms with Crippen molar-refractivity contribution in [3.8, 4) is 0 Å². The van der Waals surface area contributed by atoms with Crippen molar-refractivity contribution in [2.75, 3.05) is 32.8 Å². The molecule has 0 bridgehead atoms. The molecule has 0 aromatic rings. The third kappa shape index (κ3) is 4.12. The zero-order valence-electron chi connectivity index (χ0n) is 21.2. The number of nitrogens with one attached hydrogen (secondary N) is 1. The van der Waals surface area contributed by atoms with E-state index in [0.717, 1.165) is 84.0 Å². The summed E-state index contributed by atoms with van der Waals surface area (Å²) in [5, 5.41) is 13.7. The fourth-order valence-corrected chi connectivity index (χ4v) is 8.58. The van der Waals surface area contributed by atoms with Gasteiger partial charge in [0.1, 0.15) is 11.6 Å². The van der Waals surface area contributed by atoms with E-state index in [2.05, 4.69) is 19.2 Å². The van der Waals surface area contributed by atoms with E-state index in [1.165, 1.54) is 5.71 Å². The molecular formula is C28H44N2O4. The number of rotatable bonds is 7. The fourth-order valence-electron chi connectivity index (χ4n) is 8.58. The number of aliphatic hydroxyl groups excluding tert-OH is 1. The van der Waals surface area contributed by atoms with Gasteiger partial charge in [0, 0.05) is 49.1 Å². The molecule has 190 valence electrons. The smallest absolute Gasteiger partial charge is 0.142 e. The second-order valence-electron chi connectivity index (χ2n) is 12.3. The van der Waals surface area contributed by atoms with Crippen molar-refractivity contribution in [2.24, 2.45) is 45.4 Å². The van der Waals surface area contributed by atoms with Crippen LogP contribution < -0.4 is 5.32 Å². The molecule has 0 aromatic heterocycles. The lowest BCUT2D eigenvalue weighted by Crippen LogP contribution is -2.61. The molecule has 0 aromatic carbocycles. The van der Waals surface area contributed by atoms with Gasteiger partial charge in [0.25, 0.3) is 0 Å². The van der Waals surface area contributed by atoms with Gasteiger partial charge in [0.05, 0.1) is 12.7 Å². The highest BCUT2D eigenvalue weighted by molar-refractivity contribution is 5.93. The largest absolute Gasteiger partial charge is 0.396 e. The van der Waals surface area contributed by atoms with Crippen LogP contribution in [0.5, 0.6) is 0 Å². The topological polar surface area (TPSA) is 88.0 Å². The highest BCUT2D eigenvalue weighted by Gasteiger charge is 2.64. The van der Waals surface area contributed by atoms with Crippen molar-refractivity contribution in [3.63, 3.8) is 0 Å². The van der Waals surface area contributed by atoms with Gasteiger partial charge in [-0.25, -0.2) is 0 Å². The highest BCUT2D eigenvalue weighted by Crippen LogP contribution is 2.65. The zero-order chi connectivity index (χ0) is 23.9. The quantitative estimate of drug-likeness (QED) is 0.553. The van der Waals surface area contributed by atoms with Crippen LogP contribution in [0.3, 0.4) is 0 Å². The van der Waals surface area contributed by atoms with E-state index in [4.69, 9.17) is 9.73 Å². The van der Waals surface area contributed by atoms with Crippen LogP contribution in [0.25, 0.3) is 0 Å². The molecule has 8 unspecified atom stereocenters. The minimum absolute atomic E-state index is 0.0443. The standard InChI is InChI=1S/C28H44N2O4/c1-27-10-7-18(30-12-3-4-14-34-19-9-13-29-16-19)15-23(27)20(17-31)26(33)25-21-5-6-24(32)28(21,2)11-8-22(25)27/h19-23,25,29,31H,3-17H2,1-2H3. The minimum atomic E-state index is -0.320. The first-order chi connectivity index (χ1) is 16.4. The van der Waals surface area contributed by atoms with E-state index in [1.54, 1.807) is 0 Å². The maximum absolute atomic E-state index is 13.8. The molecule has 8 atom stereocenters. The molecule has 5 rings (SSSR count). The van der Waals surface area contributed by atoms with E-state index in [-0.39, 0.29) is 46.9 Å². The maximum Gasteiger partial charge on any atom is 0.142 e. The van der Waals surface area contributed by atoms with Crippen LogP contribution in [0.15, 0.2) is 4.99 Å². The molecule has 1 saturated heterocycles. The van der Waals surface area contributed by atoms with Crippen LogP contribution in [-0.4, -0.2) is 61.3 Å². The van der Waals surface area contributed by atoms with Crippen molar-refractivity contribution in [1.29, 1.82) is 0 Å². The van der Waals surface area contributed by atoms with Gasteiger partial charge in [-0.05, 0) is 87.5 Å². The Kier molecular flexibility index (Phi) is 7.04. The Morgan fingerprint density at radius 3 is 2.68 bits per heavy atom. The second-order valence-corrected chi connectivity index (χ2v) is 12.3. The monoisotopic (exact) mass is 472 g/mol. The average Bonchev–Trinajstić information content (AvgIpc) is 3.45. The predicted molar refractivity (Wildman–Crippen MR) is 132 cm³/mol. The first kappa shape index (κ1) is 24.6. The molecule has 1 aliphatic heterocycles. The first-order valence-corrected chi connectivity index (χ1v) is 13.9. The number of nitrogens with zero attached hydrogens (tertiary/aromatic N) is 1. The van der Waals surface area contributed by atoms with Crippen molar-refractivity contribution < 1.29 is 19.4 Å². The molecule has 34 heavy (non-hydrogen) atoms. The molecule has 2 N–H and O–H groups in total. The Labute approximate surface area is 204 Å². The number of fused-ring (bicyclic) bond motifs is 5. The summed E-state index contributed by atoms with van der Waals surface area (Å²) in [6, 6.07) is 0. The third-order valence-electron chi connectivity index (χ3n) is 10.7. The summed E-state index contributed by atoms with van der Waals surface area (Å²) < 4.78 is 5.92. The van der Waals surface area contributed by atoms with Crippen molar-refractivity contribution in [3.05, 3.63) is 0 Å². The SMILES string of the molecule is CC12CCC3C(C(=O)C(CO)C4CC(=NCCCCOC5CCNC5)CCC43C)C1CCC2=O. The summed E-state index contributed by atoms with van der Waals surface area (Å²) in [5.41, 5.74) is 0.977. The number of ether oxygens (including phenoxy) is 1. The first-order valence-electron chi connectivity index (χ1n) is 13.9. The van der Waals surface area contributed by atoms with Gasteiger partial charge in [-0.3, -0.25) is 14.6 Å². The Morgan fingerprint density at radius 1 is 1.06 bits per heavy atom. The van der Waals surface area contributed by atoms with Crippen molar-refractivity contribution >= 4 is 17.3 Å². The number of ketones is 2. The maximum atomic E-state index is 13.8. The number of unbranched alkanes of at least 4 members (excludes halogenated alkanes) is 1. The van der Waals surface area contributed by atoms with Crippen LogP contribution in [0.1, 0.15) is 78.1 Å². The number of hydrogen-bond donors (Lipinski definition) is 2. The van der Waals surface area contributed by atoms with Crippen LogP contribution in [0, 0.1) is 40.4 Å². The van der Waals surface area contributed by atoms with Crippen LogP contribution in [0.4, 0.5) is 0 Å². The van der Waals surface area contributed by atoms with Crippen LogP contribution >= 0.6 is 0 Å². The van der Waals surface area contributed by atoms with Gasteiger partial charge in [-0.1, -0.05) is 13.8 Å². The molecule has 6 nitrogen and oxygen atoms in total. The number of Topliss-reactive ketones (excluding diaryl/α,β-unsaturated/α-hetero) is 2. The number of carbonyl (C=O) groups excluding carboxylic acids is 2. The zero-order valence-corrected chi connectivity index (χ0v) is 21.2. The highest BCUT2D eigenvalue weighted by atomic mass is 16.5. The van der Waals surface area contributed by atoms with Gasteiger partial charge in [-0.2, -0.15) is 0 Å². The summed E-state index contributed by atoms with van der Waals surface area (Å²) in [6.45, 7) is 8.11. The molecule has 4 aliphatic carbocycles. The van der Waals surface area contributed by atoms with Gasteiger partial charge >= 0.3 is 0 Å². The number of hydrogen-bond acceptors (Lipinski definition) is 6. The molecule has 5 fully saturated rings. The van der Waals surface area contributed by atoms with Crippen molar-refractivity contribution in [2.45, 2.75) is 84.2 Å². The minimum Gasteiger partial charge on any atom is -0.396 e. The average molecular weight is 473 g/mol. The fraction of sp³-hybridized carbons (Fsp3) is 0.893. The predicted octanol–water partition coefficient (Wildman–Crippen LogP) is 3.60. The molecule has 0 spiro atoms. The van der Waals surface area contributed by atoms with Crippen molar-refractivity contribution in [1.82, 2.24) is 5.32 Å². The molecule has 6 heteroatoms. The Bertz CT molecular complexity index is 821. The van der Waals surface area contributed by atoms with E-state index >= 15 is 0 Å². The van der Waals surface area contributed by atoms with E-state index < -0.39 is 0 Å². The van der Waals surface area contributed by atoms with Crippen LogP contribution in [-0.2, 0) is 14.3 Å². The normalized spacial score (nSPS) is 45.3. The molecular weight excluding hydrogens is 428 g/mol. The molecule has 0 amide bonds. The second kappa shape index (κ2) is 9.74. The van der Waals surface area contributed by atoms with Gasteiger partial charge in [0.15, 0.2) is 0 Å². The van der Waals surface area contributed by atoms with Gasteiger partial charge in [0.2, 0.25) is 0 Å². The summed E-state index contributed by atoms with van der Waals surface area (Å²) in [7, 11) is 0. The lowest BCUT2D eigenvalue weighted by molar-refractivity contribution is -0.165. The van der Waals surface area contributed by atoms with E-state index in [9.17, 15) is 14.7 Å².